The molecular weight excluding hydrogens is 413 g/mol. The van der Waals surface area contributed by atoms with Gasteiger partial charge in [0.15, 0.2) is 11.7 Å². The Balaban J connectivity index is 1.23. The summed E-state index contributed by atoms with van der Waals surface area (Å²) in [5.41, 5.74) is 7.68. The van der Waals surface area contributed by atoms with E-state index in [0.717, 1.165) is 55.5 Å². The normalized spacial score (nSPS) is 16.3. The van der Waals surface area contributed by atoms with Crippen molar-refractivity contribution in [3.8, 4) is 5.75 Å². The zero-order valence-electron chi connectivity index (χ0n) is 18.1. The monoisotopic (exact) mass is 441 g/mol. The predicted octanol–water partition coefficient (Wildman–Crippen LogP) is 3.79. The highest BCUT2D eigenvalue weighted by Gasteiger charge is 2.25. The van der Waals surface area contributed by atoms with Gasteiger partial charge in [-0.3, -0.25) is 4.79 Å². The topological polar surface area (TPSA) is 90.8 Å². The number of rotatable bonds is 9. The maximum absolute atomic E-state index is 13.4. The fourth-order valence-electron chi connectivity index (χ4n) is 4.27. The molecule has 0 bridgehead atoms. The average molecular weight is 442 g/mol. The number of amides is 1. The molecule has 2 aromatic carbocycles. The summed E-state index contributed by atoms with van der Waals surface area (Å²) >= 11 is 0. The summed E-state index contributed by atoms with van der Waals surface area (Å²) in [4.78, 5) is 14.2. The summed E-state index contributed by atoms with van der Waals surface area (Å²) in [6, 6.07) is 11.7. The number of benzene rings is 2. The maximum Gasteiger partial charge on any atom is 0.251 e. The number of aromatic nitrogens is 1. The third kappa shape index (κ3) is 5.08. The number of likely N-dealkylation sites (tertiary alicyclic amines) is 1. The molecule has 4 rings (SSSR count). The molecule has 32 heavy (non-hydrogen) atoms. The highest BCUT2D eigenvalue weighted by Crippen LogP contribution is 2.32. The molecule has 0 spiro atoms. The molecule has 2 N–H and O–H groups in total. The van der Waals surface area contributed by atoms with Crippen molar-refractivity contribution in [2.75, 3.05) is 33.4 Å². The van der Waals surface area contributed by atoms with Crippen LogP contribution < -0.4 is 10.5 Å². The predicted molar refractivity (Wildman–Crippen MR) is 118 cm³/mol. The molecule has 1 atom stereocenters. The second-order valence-corrected chi connectivity index (χ2v) is 8.10. The first-order valence-corrected chi connectivity index (χ1v) is 10.9. The van der Waals surface area contributed by atoms with Gasteiger partial charge in [-0.05, 0) is 62.2 Å². The lowest BCUT2D eigenvalue weighted by atomic mass is 9.91. The molecule has 170 valence electrons. The van der Waals surface area contributed by atoms with Gasteiger partial charge in [0.1, 0.15) is 11.6 Å². The van der Waals surface area contributed by atoms with Crippen LogP contribution in [0.5, 0.6) is 5.75 Å². The van der Waals surface area contributed by atoms with E-state index in [2.05, 4.69) is 10.1 Å². The Kier molecular flexibility index (Phi) is 7.02. The van der Waals surface area contributed by atoms with E-state index < -0.39 is 12.0 Å². The Morgan fingerprint density at radius 1 is 1.25 bits per heavy atom. The van der Waals surface area contributed by atoms with Gasteiger partial charge in [0.25, 0.3) is 5.91 Å². The zero-order valence-corrected chi connectivity index (χ0v) is 18.1. The van der Waals surface area contributed by atoms with Crippen LogP contribution in [-0.2, 0) is 9.53 Å². The van der Waals surface area contributed by atoms with Gasteiger partial charge in [-0.1, -0.05) is 17.3 Å². The molecule has 1 saturated heterocycles. The molecule has 1 fully saturated rings. The van der Waals surface area contributed by atoms with Gasteiger partial charge < -0.3 is 24.6 Å². The molecule has 0 radical (unpaired) electrons. The summed E-state index contributed by atoms with van der Waals surface area (Å²) in [7, 11) is 1.59. The molecule has 1 amide bonds. The molecular formula is C24H28FN3O4. The molecule has 1 unspecified atom stereocenters. The first-order valence-electron chi connectivity index (χ1n) is 10.9. The van der Waals surface area contributed by atoms with E-state index in [0.29, 0.717) is 23.9 Å². The van der Waals surface area contributed by atoms with Crippen LogP contribution in [0.2, 0.25) is 0 Å². The number of ether oxygens (including phenoxy) is 2. The van der Waals surface area contributed by atoms with Crippen LogP contribution in [0.1, 0.15) is 42.5 Å². The molecule has 1 aromatic heterocycles. The van der Waals surface area contributed by atoms with Crippen LogP contribution in [0.4, 0.5) is 4.39 Å². The molecule has 8 heteroatoms. The van der Waals surface area contributed by atoms with Crippen molar-refractivity contribution in [2.24, 2.45) is 5.73 Å². The number of nitrogens with zero attached hydrogens (tertiary/aromatic N) is 2. The standard InChI is InChI=1S/C24H28FN3O4/c1-30-19-6-3-17(4-7-19)23(24(26)29)31-14-2-11-28-12-9-16(10-13-28)22-20-8-5-18(25)15-21(20)32-27-22/h3-8,15-16,23H,2,9-14H2,1H3,(H2,26,29). The fourth-order valence-corrected chi connectivity index (χ4v) is 4.27. The van der Waals surface area contributed by atoms with Crippen molar-refractivity contribution >= 4 is 16.9 Å². The number of hydrogen-bond acceptors (Lipinski definition) is 6. The van der Waals surface area contributed by atoms with E-state index in [1.165, 1.54) is 12.1 Å². The zero-order chi connectivity index (χ0) is 22.5. The van der Waals surface area contributed by atoms with Crippen LogP contribution in [0, 0.1) is 5.82 Å². The lowest BCUT2D eigenvalue weighted by molar-refractivity contribution is -0.130. The van der Waals surface area contributed by atoms with Gasteiger partial charge in [0, 0.05) is 30.5 Å². The second kappa shape index (κ2) is 10.1. The number of methoxy groups -OCH3 is 1. The summed E-state index contributed by atoms with van der Waals surface area (Å²) in [5.74, 6) is 0.202. The number of fused-ring (bicyclic) bond motifs is 1. The Morgan fingerprint density at radius 2 is 2.00 bits per heavy atom. The molecule has 0 saturated carbocycles. The van der Waals surface area contributed by atoms with Crippen molar-refractivity contribution in [2.45, 2.75) is 31.3 Å². The van der Waals surface area contributed by atoms with E-state index in [4.69, 9.17) is 19.7 Å². The van der Waals surface area contributed by atoms with Gasteiger partial charge in [-0.2, -0.15) is 0 Å². The van der Waals surface area contributed by atoms with Gasteiger partial charge in [0.05, 0.1) is 12.8 Å². The lowest BCUT2D eigenvalue weighted by Gasteiger charge is -2.31. The number of halogens is 1. The number of hydrogen-bond donors (Lipinski definition) is 1. The molecule has 0 aliphatic carbocycles. The van der Waals surface area contributed by atoms with Crippen LogP contribution >= 0.6 is 0 Å². The summed E-state index contributed by atoms with van der Waals surface area (Å²) < 4.78 is 29.6. The highest BCUT2D eigenvalue weighted by molar-refractivity contribution is 5.80. The van der Waals surface area contributed by atoms with Crippen molar-refractivity contribution in [3.63, 3.8) is 0 Å². The van der Waals surface area contributed by atoms with Gasteiger partial charge >= 0.3 is 0 Å². The summed E-state index contributed by atoms with van der Waals surface area (Å²) in [6.45, 7) is 3.21. The molecule has 7 nitrogen and oxygen atoms in total. The summed E-state index contributed by atoms with van der Waals surface area (Å²) in [5, 5.41) is 5.10. The Labute approximate surface area is 186 Å². The largest absolute Gasteiger partial charge is 0.497 e. The highest BCUT2D eigenvalue weighted by atomic mass is 19.1. The third-order valence-corrected chi connectivity index (χ3v) is 6.02. The Hall–Kier alpha value is -2.97. The van der Waals surface area contributed by atoms with Crippen LogP contribution in [0.25, 0.3) is 11.0 Å². The van der Waals surface area contributed by atoms with Crippen LogP contribution in [0.15, 0.2) is 47.0 Å². The minimum Gasteiger partial charge on any atom is -0.497 e. The Bertz CT molecular complexity index is 1050. The van der Waals surface area contributed by atoms with E-state index in [-0.39, 0.29) is 5.82 Å². The SMILES string of the molecule is COc1ccc(C(OCCCN2CCC(c3noc4cc(F)ccc34)CC2)C(N)=O)cc1. The van der Waals surface area contributed by atoms with Crippen molar-refractivity contribution in [1.29, 1.82) is 0 Å². The minimum atomic E-state index is -0.767. The van der Waals surface area contributed by atoms with Gasteiger partial charge in [-0.25, -0.2) is 4.39 Å². The number of nitrogens with two attached hydrogens (primary N) is 1. The molecule has 3 aromatic rings. The summed E-state index contributed by atoms with van der Waals surface area (Å²) in [6.07, 6.45) is 1.97. The number of carbonyl (C=O) groups excluding carboxylic acids is 1. The Morgan fingerprint density at radius 3 is 2.69 bits per heavy atom. The van der Waals surface area contributed by atoms with Gasteiger partial charge in [0.2, 0.25) is 0 Å². The molecule has 2 heterocycles. The van der Waals surface area contributed by atoms with E-state index in [1.807, 2.05) is 0 Å². The van der Waals surface area contributed by atoms with E-state index >= 15 is 0 Å². The van der Waals surface area contributed by atoms with Crippen LogP contribution in [0.3, 0.4) is 0 Å². The first kappa shape index (κ1) is 22.2. The van der Waals surface area contributed by atoms with Crippen molar-refractivity contribution in [3.05, 3.63) is 59.5 Å². The number of primary amides is 1. The minimum absolute atomic E-state index is 0.309. The van der Waals surface area contributed by atoms with E-state index in [1.54, 1.807) is 37.4 Å². The first-order chi connectivity index (χ1) is 15.5. The number of carbonyl (C=O) groups is 1. The number of piperidine rings is 1. The fraction of sp³-hybridized carbons (Fsp3) is 0.417. The van der Waals surface area contributed by atoms with Crippen molar-refractivity contribution in [1.82, 2.24) is 10.1 Å². The third-order valence-electron chi connectivity index (χ3n) is 6.02. The molecule has 1 aliphatic rings. The maximum atomic E-state index is 13.4. The van der Waals surface area contributed by atoms with Gasteiger partial charge in [-0.15, -0.1) is 0 Å². The quantitative estimate of drug-likeness (QED) is 0.508. The van der Waals surface area contributed by atoms with Crippen LogP contribution in [-0.4, -0.2) is 49.3 Å². The smallest absolute Gasteiger partial charge is 0.251 e. The molecule has 1 aliphatic heterocycles. The lowest BCUT2D eigenvalue weighted by Crippen LogP contribution is -2.34. The van der Waals surface area contributed by atoms with E-state index in [9.17, 15) is 9.18 Å². The average Bonchev–Trinajstić information content (AvgIpc) is 3.22. The second-order valence-electron chi connectivity index (χ2n) is 8.10. The van der Waals surface area contributed by atoms with Crippen molar-refractivity contribution < 1.29 is 23.2 Å².